The van der Waals surface area contributed by atoms with Crippen LogP contribution in [0.25, 0.3) is 0 Å². The average molecular weight is 283 g/mol. The highest BCUT2D eigenvalue weighted by Crippen LogP contribution is 2.24. The minimum atomic E-state index is -1.30. The Labute approximate surface area is 109 Å². The Hall–Kier alpha value is -1.13. The smallest absolute Gasteiger partial charge is 0.327 e. The van der Waals surface area contributed by atoms with Crippen LogP contribution in [0.2, 0.25) is 0 Å². The number of aliphatic imine (C=N–C) groups is 1. The molecule has 0 aromatic carbocycles. The first kappa shape index (κ1) is 14.9. The van der Waals surface area contributed by atoms with Crippen molar-refractivity contribution in [3.05, 3.63) is 0 Å². The predicted molar refractivity (Wildman–Crippen MR) is 61.9 cm³/mol. The number of hydrogen-bond acceptors (Lipinski definition) is 7. The molecule has 0 saturated carbocycles. The number of carbonyl (C=O) groups excluding carboxylic acids is 1. The molecular formula is C8H15ClN4O5. The summed E-state index contributed by atoms with van der Waals surface area (Å²) in [6, 6.07) is -0.577. The summed E-state index contributed by atoms with van der Waals surface area (Å²) in [6.07, 6.45) is -4.53. The number of ether oxygens (including phenoxy) is 1. The summed E-state index contributed by atoms with van der Waals surface area (Å²) in [5.41, 5.74) is 5.30. The van der Waals surface area contributed by atoms with E-state index in [0.717, 1.165) is 4.90 Å². The van der Waals surface area contributed by atoms with E-state index in [4.69, 9.17) is 15.6 Å². The van der Waals surface area contributed by atoms with E-state index in [1.807, 2.05) is 0 Å². The largest absolute Gasteiger partial charge is 0.394 e. The van der Waals surface area contributed by atoms with Gasteiger partial charge in [0.05, 0.1) is 6.61 Å². The van der Waals surface area contributed by atoms with E-state index in [0.29, 0.717) is 0 Å². The maximum Gasteiger partial charge on any atom is 0.327 e. The first-order valence-electron chi connectivity index (χ1n) is 5.04. The number of guanidine groups is 1. The van der Waals surface area contributed by atoms with Crippen molar-refractivity contribution < 1.29 is 24.9 Å². The Kier molecular flexibility index (Phi) is 4.71. The molecule has 6 N–H and O–H groups in total. The molecule has 2 heterocycles. The number of nitrogens with one attached hydrogen (secondary N) is 1. The maximum atomic E-state index is 11.6. The average Bonchev–Trinajstić information content (AvgIpc) is 2.57. The highest BCUT2D eigenvalue weighted by Gasteiger charge is 2.47. The number of halogens is 1. The van der Waals surface area contributed by atoms with Crippen molar-refractivity contribution >= 4 is 24.4 Å². The van der Waals surface area contributed by atoms with Crippen LogP contribution in [0.1, 0.15) is 0 Å². The van der Waals surface area contributed by atoms with E-state index in [2.05, 4.69) is 10.3 Å². The van der Waals surface area contributed by atoms with Crippen LogP contribution in [-0.4, -0.2) is 70.0 Å². The topological polar surface area (TPSA) is 141 Å². The van der Waals surface area contributed by atoms with E-state index in [9.17, 15) is 15.0 Å². The Bertz CT molecular complexity index is 354. The van der Waals surface area contributed by atoms with Gasteiger partial charge in [-0.3, -0.25) is 10.2 Å². The van der Waals surface area contributed by atoms with Gasteiger partial charge in [0.1, 0.15) is 25.0 Å². The summed E-state index contributed by atoms with van der Waals surface area (Å²) in [7, 11) is 0. The van der Waals surface area contributed by atoms with Crippen LogP contribution < -0.4 is 11.1 Å². The summed E-state index contributed by atoms with van der Waals surface area (Å²) in [6.45, 7) is -0.528. The molecule has 0 aromatic rings. The fraction of sp³-hybridized carbons (Fsp3) is 0.750. The zero-order valence-corrected chi connectivity index (χ0v) is 10.1. The highest BCUT2D eigenvalue weighted by molar-refractivity contribution is 5.96. The summed E-state index contributed by atoms with van der Waals surface area (Å²) >= 11 is 0. The van der Waals surface area contributed by atoms with Crippen molar-refractivity contribution in [3.63, 3.8) is 0 Å². The molecule has 2 unspecified atom stereocenters. The molecule has 2 rings (SSSR count). The molecule has 1 fully saturated rings. The van der Waals surface area contributed by atoms with E-state index < -0.39 is 37.2 Å². The Morgan fingerprint density at radius 1 is 1.50 bits per heavy atom. The summed E-state index contributed by atoms with van der Waals surface area (Å²) < 4.78 is 5.19. The molecule has 0 spiro atoms. The molecular weight excluding hydrogens is 268 g/mol. The van der Waals surface area contributed by atoms with E-state index in [1.165, 1.54) is 0 Å². The Morgan fingerprint density at radius 2 is 2.17 bits per heavy atom. The quantitative estimate of drug-likeness (QED) is 0.369. The minimum absolute atomic E-state index is 0. The number of nitrogens with two attached hydrogens (primary N) is 1. The van der Waals surface area contributed by atoms with Gasteiger partial charge in [0.15, 0.2) is 12.2 Å². The molecule has 18 heavy (non-hydrogen) atoms. The number of hydrogen-bond donors (Lipinski definition) is 5. The van der Waals surface area contributed by atoms with Crippen LogP contribution in [0.5, 0.6) is 0 Å². The second kappa shape index (κ2) is 5.67. The normalized spacial score (nSPS) is 35.8. The van der Waals surface area contributed by atoms with Gasteiger partial charge < -0.3 is 25.8 Å². The predicted octanol–water partition coefficient (Wildman–Crippen LogP) is -2.86. The molecule has 104 valence electrons. The number of amides is 2. The van der Waals surface area contributed by atoms with Crippen LogP contribution in [0.3, 0.4) is 0 Å². The lowest BCUT2D eigenvalue weighted by molar-refractivity contribution is -0.0787. The maximum absolute atomic E-state index is 11.6. The molecule has 2 aliphatic heterocycles. The number of urea groups is 1. The molecule has 1 saturated heterocycles. The third kappa shape index (κ3) is 2.49. The van der Waals surface area contributed by atoms with E-state index in [-0.39, 0.29) is 25.0 Å². The molecule has 0 bridgehead atoms. The fourth-order valence-corrected chi connectivity index (χ4v) is 1.77. The molecule has 4 atom stereocenters. The van der Waals surface area contributed by atoms with E-state index in [1.54, 1.807) is 0 Å². The van der Waals surface area contributed by atoms with Crippen LogP contribution in [0.15, 0.2) is 4.99 Å². The number of aliphatic hydroxyl groups is 3. The molecule has 9 nitrogen and oxygen atoms in total. The van der Waals surface area contributed by atoms with Crippen LogP contribution >= 0.6 is 12.4 Å². The third-order valence-corrected chi connectivity index (χ3v) is 2.71. The number of aliphatic hydroxyl groups excluding tert-OH is 3. The van der Waals surface area contributed by atoms with Crippen molar-refractivity contribution in [1.82, 2.24) is 10.2 Å². The first-order chi connectivity index (χ1) is 8.04. The van der Waals surface area contributed by atoms with Crippen molar-refractivity contribution in [1.29, 1.82) is 0 Å². The lowest BCUT2D eigenvalue weighted by Crippen LogP contribution is -2.56. The summed E-state index contributed by atoms with van der Waals surface area (Å²) in [5, 5.41) is 30.4. The third-order valence-electron chi connectivity index (χ3n) is 2.71. The number of rotatable bonds is 2. The van der Waals surface area contributed by atoms with Gasteiger partial charge in [0.25, 0.3) is 0 Å². The van der Waals surface area contributed by atoms with Crippen LogP contribution in [0, 0.1) is 0 Å². The molecule has 0 aromatic heterocycles. The fourth-order valence-electron chi connectivity index (χ4n) is 1.77. The molecule has 0 radical (unpaired) electrons. The summed E-state index contributed by atoms with van der Waals surface area (Å²) in [5.74, 6) is -0.0157. The molecule has 2 aliphatic rings. The second-order valence-electron chi connectivity index (χ2n) is 3.81. The molecule has 10 heteroatoms. The standard InChI is InChI=1S/C8H14N4O5.ClH/c9-7-10-2-12(8(16)11-7)6-5(15)4(14)3(1-13)17-6;/h3-6,13-15H,1-2H2,(H3,9,10,11,16);1H/t3-,4?,5?,6-;/m1./s1. The van der Waals surface area contributed by atoms with Gasteiger partial charge in [-0.05, 0) is 0 Å². The Morgan fingerprint density at radius 3 is 2.67 bits per heavy atom. The van der Waals surface area contributed by atoms with Gasteiger partial charge in [-0.15, -0.1) is 12.4 Å². The van der Waals surface area contributed by atoms with Crippen LogP contribution in [0.4, 0.5) is 4.79 Å². The zero-order chi connectivity index (χ0) is 12.6. The van der Waals surface area contributed by atoms with Crippen molar-refractivity contribution in [2.24, 2.45) is 10.7 Å². The molecule has 0 aliphatic carbocycles. The number of nitrogens with zero attached hydrogens (tertiary/aromatic N) is 2. The SMILES string of the molecule is Cl.NC1=NCN([C@@H]2O[C@H](CO)C(O)C2O)C(=O)N1. The van der Waals surface area contributed by atoms with Crippen molar-refractivity contribution in [3.8, 4) is 0 Å². The lowest BCUT2D eigenvalue weighted by Gasteiger charge is -2.31. The number of carbonyl (C=O) groups is 1. The lowest BCUT2D eigenvalue weighted by atomic mass is 10.1. The molecule has 2 amide bonds. The highest BCUT2D eigenvalue weighted by atomic mass is 35.5. The minimum Gasteiger partial charge on any atom is -0.394 e. The van der Waals surface area contributed by atoms with Gasteiger partial charge in [-0.1, -0.05) is 0 Å². The van der Waals surface area contributed by atoms with Gasteiger partial charge in [0.2, 0.25) is 0 Å². The first-order valence-corrected chi connectivity index (χ1v) is 5.04. The zero-order valence-electron chi connectivity index (χ0n) is 9.26. The van der Waals surface area contributed by atoms with Gasteiger partial charge in [-0.2, -0.15) is 0 Å². The van der Waals surface area contributed by atoms with Gasteiger partial charge >= 0.3 is 6.03 Å². The van der Waals surface area contributed by atoms with Gasteiger partial charge in [0, 0.05) is 0 Å². The van der Waals surface area contributed by atoms with Gasteiger partial charge in [-0.25, -0.2) is 9.79 Å². The summed E-state index contributed by atoms with van der Waals surface area (Å²) in [4.78, 5) is 16.4. The monoisotopic (exact) mass is 282 g/mol. The Balaban J connectivity index is 0.00000162. The second-order valence-corrected chi connectivity index (χ2v) is 3.81. The van der Waals surface area contributed by atoms with Crippen molar-refractivity contribution in [2.75, 3.05) is 13.3 Å². The van der Waals surface area contributed by atoms with Crippen molar-refractivity contribution in [2.45, 2.75) is 24.5 Å². The van der Waals surface area contributed by atoms with Crippen LogP contribution in [-0.2, 0) is 4.74 Å². The van der Waals surface area contributed by atoms with E-state index >= 15 is 0 Å².